The molecule has 288 valence electrons. The second-order valence-corrected chi connectivity index (χ2v) is 16.5. The van der Waals surface area contributed by atoms with Gasteiger partial charge in [0.05, 0.1) is 19.2 Å². The van der Waals surface area contributed by atoms with E-state index in [1.54, 1.807) is 25.2 Å². The molecular formula is C34H44BN6O11P2+. The largest absolute Gasteiger partial charge is 0.618 e. The number of aromatic nitrogens is 2. The van der Waals surface area contributed by atoms with Gasteiger partial charge in [0.15, 0.2) is 0 Å². The zero-order valence-electron chi connectivity index (χ0n) is 30.3. The van der Waals surface area contributed by atoms with Crippen LogP contribution in [0.25, 0.3) is 0 Å². The van der Waals surface area contributed by atoms with Gasteiger partial charge in [-0.2, -0.15) is 0 Å². The topological polar surface area (TPSA) is 236 Å². The molecule has 1 aliphatic heterocycles. The Morgan fingerprint density at radius 3 is 2.33 bits per heavy atom. The summed E-state index contributed by atoms with van der Waals surface area (Å²) in [6, 6.07) is 13.3. The number of nitrogens with zero attached hydrogens (tertiary/aromatic N) is 3. The van der Waals surface area contributed by atoms with E-state index in [0.29, 0.717) is 30.0 Å². The summed E-state index contributed by atoms with van der Waals surface area (Å²) >= 11 is 0. The molecule has 2 aromatic carbocycles. The fourth-order valence-electron chi connectivity index (χ4n) is 5.52. The Morgan fingerprint density at radius 1 is 0.981 bits per heavy atom. The third-order valence-electron chi connectivity index (χ3n) is 8.29. The number of carbonyl (C=O) groups excluding carboxylic acids is 4. The molecule has 3 aromatic rings. The van der Waals surface area contributed by atoms with Crippen molar-refractivity contribution in [3.8, 4) is 11.5 Å². The smallest absolute Gasteiger partial charge is 0.522 e. The van der Waals surface area contributed by atoms with E-state index in [1.807, 2.05) is 44.2 Å². The summed E-state index contributed by atoms with van der Waals surface area (Å²) in [6.45, 7) is 3.99. The van der Waals surface area contributed by atoms with Gasteiger partial charge in [-0.1, -0.05) is 44.2 Å². The number of amides is 4. The number of benzene rings is 2. The second-order valence-electron chi connectivity index (χ2n) is 12.9. The summed E-state index contributed by atoms with van der Waals surface area (Å²) < 4.78 is 40.2. The van der Waals surface area contributed by atoms with Crippen molar-refractivity contribution in [2.75, 3.05) is 19.1 Å². The lowest BCUT2D eigenvalue weighted by molar-refractivity contribution is -0.123. The predicted molar refractivity (Wildman–Crippen MR) is 199 cm³/mol. The van der Waals surface area contributed by atoms with Crippen molar-refractivity contribution in [3.63, 3.8) is 0 Å². The maximum atomic E-state index is 13.8. The summed E-state index contributed by atoms with van der Waals surface area (Å²) in [5, 5.41) is 7.87. The summed E-state index contributed by atoms with van der Waals surface area (Å²) in [6.07, 6.45) is 5.28. The molecule has 4 atom stereocenters. The first kappa shape index (κ1) is 42.0. The fourth-order valence-corrected chi connectivity index (χ4v) is 7.55. The molecule has 0 saturated heterocycles. The Balaban J connectivity index is 1.36. The summed E-state index contributed by atoms with van der Waals surface area (Å²) in [5.41, 5.74) is -0.546. The summed E-state index contributed by atoms with van der Waals surface area (Å²) in [5.74, 6) is -1.71. The first-order valence-corrected chi connectivity index (χ1v) is 20.1. The van der Waals surface area contributed by atoms with Crippen LogP contribution in [0.3, 0.4) is 0 Å². The highest BCUT2D eigenvalue weighted by molar-refractivity contribution is 7.65. The molecular weight excluding hydrogens is 741 g/mol. The average Bonchev–Trinajstić information content (AvgIpc) is 3.58. The van der Waals surface area contributed by atoms with Gasteiger partial charge < -0.3 is 34.6 Å². The van der Waals surface area contributed by atoms with E-state index in [9.17, 15) is 38.1 Å². The molecule has 0 saturated carbocycles. The maximum Gasteiger partial charge on any atom is 0.618 e. The molecule has 0 fully saturated rings. The van der Waals surface area contributed by atoms with E-state index in [-0.39, 0.29) is 43.2 Å². The van der Waals surface area contributed by atoms with Crippen LogP contribution in [0, 0.1) is 5.92 Å². The number of hydrogen-bond donors (Lipinski definition) is 5. The van der Waals surface area contributed by atoms with Crippen LogP contribution in [0.2, 0.25) is 0 Å². The van der Waals surface area contributed by atoms with E-state index >= 15 is 0 Å². The Labute approximate surface area is 314 Å². The quantitative estimate of drug-likeness (QED) is 0.0667. The van der Waals surface area contributed by atoms with Crippen LogP contribution in [0.5, 0.6) is 11.5 Å². The molecule has 17 nitrogen and oxygen atoms in total. The fraction of sp³-hybridized carbons (Fsp3) is 0.412. The zero-order chi connectivity index (χ0) is 39.4. The lowest BCUT2D eigenvalue weighted by atomic mass is 9.74. The van der Waals surface area contributed by atoms with Crippen molar-refractivity contribution in [3.05, 3.63) is 78.4 Å². The van der Waals surface area contributed by atoms with Crippen LogP contribution in [0.4, 0.5) is 5.69 Å². The minimum absolute atomic E-state index is 0.0646. The van der Waals surface area contributed by atoms with Gasteiger partial charge in [-0.25, -0.2) is 4.98 Å². The molecule has 0 radical (unpaired) electrons. The number of carbonyl (C=O) groups is 4. The van der Waals surface area contributed by atoms with E-state index < -0.39 is 58.0 Å². The number of fused-ring (bicyclic) bond motifs is 1. The van der Waals surface area contributed by atoms with E-state index in [1.165, 1.54) is 23.5 Å². The number of hydrogen-bond acceptors (Lipinski definition) is 11. The highest BCUT2D eigenvalue weighted by atomic mass is 31.2. The number of rotatable bonds is 19. The Kier molecular flexibility index (Phi) is 15.2. The first-order valence-electron chi connectivity index (χ1n) is 17.2. The second kappa shape index (κ2) is 19.6. The third kappa shape index (κ3) is 12.2. The van der Waals surface area contributed by atoms with Gasteiger partial charge in [0, 0.05) is 50.5 Å². The molecule has 0 bridgehead atoms. The Morgan fingerprint density at radius 2 is 1.69 bits per heavy atom. The Hall–Kier alpha value is -4.73. The Bertz CT molecular complexity index is 1840. The molecule has 1 aliphatic rings. The van der Waals surface area contributed by atoms with Crippen molar-refractivity contribution < 1.29 is 51.9 Å². The average molecular weight is 786 g/mol. The van der Waals surface area contributed by atoms with Crippen LogP contribution < -0.4 is 30.2 Å². The molecule has 1 aromatic heterocycles. The monoisotopic (exact) mass is 785 g/mol. The lowest BCUT2D eigenvalue weighted by Gasteiger charge is -2.25. The van der Waals surface area contributed by atoms with Gasteiger partial charge in [0.2, 0.25) is 17.7 Å². The highest BCUT2D eigenvalue weighted by Gasteiger charge is 2.48. The van der Waals surface area contributed by atoms with Crippen LogP contribution in [0.15, 0.2) is 67.1 Å². The summed E-state index contributed by atoms with van der Waals surface area (Å²) in [4.78, 5) is 80.2. The van der Waals surface area contributed by atoms with Gasteiger partial charge in [-0.05, 0) is 47.4 Å². The van der Waals surface area contributed by atoms with E-state index in [2.05, 4.69) is 30.4 Å². The van der Waals surface area contributed by atoms with Gasteiger partial charge in [0.25, 0.3) is 5.91 Å². The predicted octanol–water partition coefficient (Wildman–Crippen LogP) is 3.34. The molecule has 0 spiro atoms. The van der Waals surface area contributed by atoms with Gasteiger partial charge in [-0.3, -0.25) is 34.0 Å². The SMILES string of the molecule is CO[P+](=O)C(NC(=O)CCCCC(=O)N(C)c1ccc2c(c1)OB([C@@H](CC(C)C)NC(=O)[C@@H](Cc1ccccc1)NC(=O)c1cnccn1)O2)P(=O)(O)O. The summed E-state index contributed by atoms with van der Waals surface area (Å²) in [7, 11) is -6.06. The van der Waals surface area contributed by atoms with Crippen molar-refractivity contribution in [2.45, 2.75) is 69.9 Å². The zero-order valence-corrected chi connectivity index (χ0v) is 32.1. The number of anilines is 1. The number of unbranched alkanes of at least 4 members (excludes halogenated alkanes) is 1. The van der Waals surface area contributed by atoms with E-state index in [4.69, 9.17) is 9.31 Å². The standard InChI is InChI=1S/C34H43BN6O11P2/c1-22(2)18-29(39-32(44)25(19-23-10-6-5-7-11-23)38-33(45)26-21-36-16-17-37-26)35-51-27-15-14-24(20-28(27)52-35)41(3)31(43)13-9-8-12-30(42)40-34(53(46)50-4)54(47,48)49/h5-7,10-11,14-17,20-22,25,29,34H,8-9,12-13,18-19H2,1-4H3,(H4-,38,39,40,42,44,45,47,48,49)/p+1/t25-,29-,34?/m1/s1. The van der Waals surface area contributed by atoms with Crippen molar-refractivity contribution >= 4 is 52.1 Å². The van der Waals surface area contributed by atoms with Gasteiger partial charge >= 0.3 is 28.3 Å². The minimum atomic E-state index is -4.92. The maximum absolute atomic E-state index is 13.8. The van der Waals surface area contributed by atoms with Crippen molar-refractivity contribution in [1.29, 1.82) is 0 Å². The minimum Gasteiger partial charge on any atom is -0.522 e. The molecule has 0 aliphatic carbocycles. The van der Waals surface area contributed by atoms with Crippen LogP contribution in [-0.2, 0) is 34.5 Å². The first-order chi connectivity index (χ1) is 25.7. The highest BCUT2D eigenvalue weighted by Crippen LogP contribution is 2.51. The van der Waals surface area contributed by atoms with Gasteiger partial charge in [0.1, 0.15) is 23.2 Å². The molecule has 2 unspecified atom stereocenters. The lowest BCUT2D eigenvalue weighted by Crippen LogP contribution is -2.57. The van der Waals surface area contributed by atoms with Crippen LogP contribution in [0.1, 0.15) is 62.0 Å². The van der Waals surface area contributed by atoms with Crippen LogP contribution >= 0.6 is 15.6 Å². The molecule has 20 heteroatoms. The normalized spacial score (nSPS) is 14.1. The molecule has 5 N–H and O–H groups in total. The van der Waals surface area contributed by atoms with E-state index in [0.717, 1.165) is 12.7 Å². The number of nitrogens with one attached hydrogen (secondary N) is 3. The molecule has 2 heterocycles. The molecule has 4 amide bonds. The molecule has 54 heavy (non-hydrogen) atoms. The van der Waals surface area contributed by atoms with Gasteiger partial charge in [-0.15, -0.1) is 4.52 Å². The molecule has 4 rings (SSSR count). The third-order valence-corrected chi connectivity index (χ3v) is 11.4. The van der Waals surface area contributed by atoms with Crippen LogP contribution in [-0.4, -0.2) is 82.2 Å². The van der Waals surface area contributed by atoms with Crippen molar-refractivity contribution in [1.82, 2.24) is 25.9 Å². The van der Waals surface area contributed by atoms with Crippen molar-refractivity contribution in [2.24, 2.45) is 5.92 Å².